The van der Waals surface area contributed by atoms with Gasteiger partial charge in [0.25, 0.3) is 11.8 Å². The number of carbonyl (C=O) groups is 2. The first-order valence-corrected chi connectivity index (χ1v) is 12.7. The van der Waals surface area contributed by atoms with E-state index in [4.69, 9.17) is 14.2 Å². The minimum atomic E-state index is -0.678. The van der Waals surface area contributed by atoms with Crippen LogP contribution in [0, 0.1) is 0 Å². The lowest BCUT2D eigenvalue weighted by Crippen LogP contribution is -2.52. The third kappa shape index (κ3) is 4.76. The Balaban J connectivity index is 1.24. The van der Waals surface area contributed by atoms with E-state index in [0.29, 0.717) is 40.7 Å². The van der Waals surface area contributed by atoms with Crippen molar-refractivity contribution in [3.63, 3.8) is 0 Å². The monoisotopic (exact) mass is 571 g/mol. The number of amides is 2. The molecule has 4 aromatic carbocycles. The Bertz CT molecular complexity index is 1510. The molecule has 0 saturated carbocycles. The highest BCUT2D eigenvalue weighted by Crippen LogP contribution is 2.38. The molecule has 2 aliphatic rings. The molecule has 9 heteroatoms. The summed E-state index contributed by atoms with van der Waals surface area (Å²) in [5.41, 5.74) is 6.04. The van der Waals surface area contributed by atoms with Crippen molar-refractivity contribution in [2.45, 2.75) is 12.8 Å². The van der Waals surface area contributed by atoms with Gasteiger partial charge in [0.15, 0.2) is 11.5 Å². The Morgan fingerprint density at radius 2 is 1.76 bits per heavy atom. The van der Waals surface area contributed by atoms with Crippen LogP contribution in [0.25, 0.3) is 0 Å². The van der Waals surface area contributed by atoms with Crippen molar-refractivity contribution in [1.82, 2.24) is 10.4 Å². The number of carbonyl (C=O) groups excluding carboxylic acids is 2. The molecule has 0 aromatic heterocycles. The molecule has 4 aromatic rings. The van der Waals surface area contributed by atoms with E-state index in [2.05, 4.69) is 26.7 Å². The van der Waals surface area contributed by atoms with Crippen LogP contribution < -0.4 is 25.0 Å². The molecule has 2 aliphatic heterocycles. The van der Waals surface area contributed by atoms with Crippen molar-refractivity contribution < 1.29 is 23.8 Å². The Kier molecular flexibility index (Phi) is 6.35. The number of fused-ring (bicyclic) bond motifs is 2. The zero-order chi connectivity index (χ0) is 26.1. The smallest absolute Gasteiger partial charge is 0.276 e. The van der Waals surface area contributed by atoms with Gasteiger partial charge in [-0.25, -0.2) is 5.01 Å². The third-order valence-electron chi connectivity index (χ3n) is 6.28. The fraction of sp³-hybridized carbons (Fsp3) is 0.103. The minimum absolute atomic E-state index is 0.137. The van der Waals surface area contributed by atoms with Crippen molar-refractivity contribution in [2.24, 2.45) is 0 Å². The summed E-state index contributed by atoms with van der Waals surface area (Å²) in [6.45, 7) is 0.560. The van der Waals surface area contributed by atoms with Crippen LogP contribution >= 0.6 is 15.9 Å². The second kappa shape index (κ2) is 10.1. The van der Waals surface area contributed by atoms with Gasteiger partial charge in [0.2, 0.25) is 6.79 Å². The van der Waals surface area contributed by atoms with Crippen LogP contribution in [0.2, 0.25) is 0 Å². The van der Waals surface area contributed by atoms with Crippen molar-refractivity contribution in [1.29, 1.82) is 0 Å². The molecule has 0 spiro atoms. The summed E-state index contributed by atoms with van der Waals surface area (Å²) in [7, 11) is 0. The average Bonchev–Trinajstić information content (AvgIpc) is 3.42. The van der Waals surface area contributed by atoms with Crippen LogP contribution in [0.4, 0.5) is 5.69 Å². The maximum Gasteiger partial charge on any atom is 0.276 e. The van der Waals surface area contributed by atoms with Gasteiger partial charge in [-0.15, -0.1) is 0 Å². The van der Waals surface area contributed by atoms with Crippen molar-refractivity contribution in [3.8, 4) is 17.2 Å². The Morgan fingerprint density at radius 3 is 2.58 bits per heavy atom. The number of benzene rings is 4. The van der Waals surface area contributed by atoms with Gasteiger partial charge < -0.3 is 19.5 Å². The number of rotatable bonds is 6. The standard InChI is InChI=1S/C29H22BrN3O5/c30-21-9-12-24-23(15-21)29(35)33(27(31-24)20-8-13-25-26(14-20)38-17-37-25)32-28(34)19-6-10-22(11-7-19)36-16-18-4-2-1-3-5-18/h1-15,27,31H,16-17H2,(H,32,34). The molecule has 1 atom stereocenters. The lowest BCUT2D eigenvalue weighted by Gasteiger charge is -2.37. The van der Waals surface area contributed by atoms with Gasteiger partial charge in [-0.2, -0.15) is 0 Å². The number of nitrogens with zero attached hydrogens (tertiary/aromatic N) is 1. The van der Waals surface area contributed by atoms with Gasteiger partial charge in [0.05, 0.1) is 5.56 Å². The van der Waals surface area contributed by atoms with Gasteiger partial charge in [-0.1, -0.05) is 52.3 Å². The second-order valence-corrected chi connectivity index (χ2v) is 9.68. The summed E-state index contributed by atoms with van der Waals surface area (Å²) < 4.78 is 17.5. The molecule has 0 aliphatic carbocycles. The van der Waals surface area contributed by atoms with Crippen LogP contribution in [0.1, 0.15) is 38.0 Å². The predicted octanol–water partition coefficient (Wildman–Crippen LogP) is 5.67. The SMILES string of the molecule is O=C(NN1C(=O)c2cc(Br)ccc2NC1c1ccc2c(c1)OCO2)c1ccc(OCc2ccccc2)cc1. The van der Waals surface area contributed by atoms with Crippen LogP contribution in [-0.4, -0.2) is 23.6 Å². The molecule has 2 amide bonds. The van der Waals surface area contributed by atoms with Gasteiger partial charge in [0.1, 0.15) is 18.5 Å². The zero-order valence-electron chi connectivity index (χ0n) is 20.0. The van der Waals surface area contributed by atoms with Crippen molar-refractivity contribution in [2.75, 3.05) is 12.1 Å². The van der Waals surface area contributed by atoms with Crippen LogP contribution in [0.15, 0.2) is 95.5 Å². The van der Waals surface area contributed by atoms with Crippen molar-refractivity contribution >= 4 is 33.4 Å². The first-order valence-electron chi connectivity index (χ1n) is 11.9. The van der Waals surface area contributed by atoms with Gasteiger partial charge >= 0.3 is 0 Å². The van der Waals surface area contributed by atoms with Gasteiger partial charge in [0, 0.05) is 21.3 Å². The van der Waals surface area contributed by atoms with Crippen LogP contribution in [-0.2, 0) is 6.61 Å². The summed E-state index contributed by atoms with van der Waals surface area (Å²) in [6, 6.07) is 27.4. The van der Waals surface area contributed by atoms with E-state index in [1.54, 1.807) is 42.5 Å². The molecular weight excluding hydrogens is 550 g/mol. The average molecular weight is 572 g/mol. The van der Waals surface area contributed by atoms with E-state index in [1.807, 2.05) is 48.5 Å². The highest BCUT2D eigenvalue weighted by molar-refractivity contribution is 9.10. The summed E-state index contributed by atoms with van der Waals surface area (Å²) >= 11 is 3.43. The van der Waals surface area contributed by atoms with Crippen molar-refractivity contribution in [3.05, 3.63) is 118 Å². The lowest BCUT2D eigenvalue weighted by atomic mass is 10.0. The number of hydrazine groups is 1. The Morgan fingerprint density at radius 1 is 0.974 bits per heavy atom. The fourth-order valence-electron chi connectivity index (χ4n) is 4.33. The van der Waals surface area contributed by atoms with E-state index in [1.165, 1.54) is 5.01 Å². The second-order valence-electron chi connectivity index (χ2n) is 8.76. The number of halogens is 1. The maximum atomic E-state index is 13.6. The number of anilines is 1. The molecule has 0 bridgehead atoms. The van der Waals surface area contributed by atoms with E-state index in [9.17, 15) is 9.59 Å². The molecule has 1 unspecified atom stereocenters. The topological polar surface area (TPSA) is 89.1 Å². The van der Waals surface area contributed by atoms with E-state index >= 15 is 0 Å². The number of ether oxygens (including phenoxy) is 3. The third-order valence-corrected chi connectivity index (χ3v) is 6.77. The normalized spacial score (nSPS) is 15.4. The Hall–Kier alpha value is -4.50. The molecule has 190 valence electrons. The number of hydrogen-bond donors (Lipinski definition) is 2. The van der Waals surface area contributed by atoms with E-state index in [0.717, 1.165) is 15.6 Å². The molecule has 0 saturated heterocycles. The quantitative estimate of drug-likeness (QED) is 0.310. The summed E-state index contributed by atoms with van der Waals surface area (Å²) in [6.07, 6.45) is -0.678. The van der Waals surface area contributed by atoms with Crippen LogP contribution in [0.3, 0.4) is 0 Å². The fourth-order valence-corrected chi connectivity index (χ4v) is 4.69. The first-order chi connectivity index (χ1) is 18.5. The Labute approximate surface area is 227 Å². The largest absolute Gasteiger partial charge is 0.489 e. The number of nitrogens with one attached hydrogen (secondary N) is 2. The minimum Gasteiger partial charge on any atom is -0.489 e. The molecular formula is C29H22BrN3O5. The summed E-state index contributed by atoms with van der Waals surface area (Å²) in [4.78, 5) is 26.9. The first kappa shape index (κ1) is 23.9. The van der Waals surface area contributed by atoms with E-state index < -0.39 is 12.1 Å². The highest BCUT2D eigenvalue weighted by Gasteiger charge is 2.35. The molecule has 2 heterocycles. The predicted molar refractivity (Wildman–Crippen MR) is 144 cm³/mol. The summed E-state index contributed by atoms with van der Waals surface area (Å²) in [5.74, 6) is 1.07. The zero-order valence-corrected chi connectivity index (χ0v) is 21.6. The molecule has 38 heavy (non-hydrogen) atoms. The summed E-state index contributed by atoms with van der Waals surface area (Å²) in [5, 5.41) is 4.66. The molecule has 0 radical (unpaired) electrons. The molecule has 2 N–H and O–H groups in total. The molecule has 0 fully saturated rings. The maximum absolute atomic E-state index is 13.6. The molecule has 8 nitrogen and oxygen atoms in total. The lowest BCUT2D eigenvalue weighted by molar-refractivity contribution is 0.0490. The van der Waals surface area contributed by atoms with E-state index in [-0.39, 0.29) is 12.7 Å². The highest BCUT2D eigenvalue weighted by atomic mass is 79.9. The van der Waals surface area contributed by atoms with Crippen LogP contribution in [0.5, 0.6) is 17.2 Å². The molecule has 6 rings (SSSR count). The van der Waals surface area contributed by atoms with Gasteiger partial charge in [-0.3, -0.25) is 15.0 Å². The number of hydrogen-bond acceptors (Lipinski definition) is 6. The van der Waals surface area contributed by atoms with Gasteiger partial charge in [-0.05, 0) is 60.2 Å².